The van der Waals surface area contributed by atoms with E-state index in [-0.39, 0.29) is 18.0 Å². The Labute approximate surface area is 90.8 Å². The van der Waals surface area contributed by atoms with Gasteiger partial charge in [-0.25, -0.2) is 0 Å². The molecule has 1 heterocycles. The van der Waals surface area contributed by atoms with E-state index in [0.29, 0.717) is 6.42 Å². The molecule has 1 aliphatic rings. The van der Waals surface area contributed by atoms with Gasteiger partial charge in [0.1, 0.15) is 0 Å². The zero-order chi connectivity index (χ0) is 10.1. The van der Waals surface area contributed by atoms with Crippen molar-refractivity contribution >= 4 is 21.8 Å². The first-order chi connectivity index (χ1) is 6.68. The van der Waals surface area contributed by atoms with E-state index in [1.807, 2.05) is 24.3 Å². The van der Waals surface area contributed by atoms with Crippen molar-refractivity contribution in [3.05, 3.63) is 34.3 Å². The highest BCUT2D eigenvalue weighted by Crippen LogP contribution is 2.28. The fourth-order valence-corrected chi connectivity index (χ4v) is 2.24. The van der Waals surface area contributed by atoms with Crippen molar-refractivity contribution in [2.24, 2.45) is 5.73 Å². The zero-order valence-electron chi connectivity index (χ0n) is 7.53. The van der Waals surface area contributed by atoms with E-state index in [1.54, 1.807) is 0 Å². The molecule has 1 aliphatic heterocycles. The normalized spacial score (nSPS) is 26.3. The number of carbonyl (C=O) groups is 1. The predicted molar refractivity (Wildman–Crippen MR) is 57.6 cm³/mol. The third-order valence-corrected chi connectivity index (χ3v) is 3.13. The van der Waals surface area contributed by atoms with Crippen LogP contribution < -0.4 is 11.1 Å². The summed E-state index contributed by atoms with van der Waals surface area (Å²) in [4.78, 5) is 11.1. The molecule has 0 unspecified atom stereocenters. The number of hydrogen-bond acceptors (Lipinski definition) is 2. The van der Waals surface area contributed by atoms with Crippen LogP contribution >= 0.6 is 15.9 Å². The summed E-state index contributed by atoms with van der Waals surface area (Å²) in [5.74, 6) is 0.0262. The van der Waals surface area contributed by atoms with Crippen LogP contribution in [0.2, 0.25) is 0 Å². The van der Waals surface area contributed by atoms with E-state index < -0.39 is 0 Å². The standard InChI is InChI=1S/C10H11BrN2O/c11-7-4-2-1-3-6(7)10-8(12)5-9(14)13-10/h1-4,8,10H,5,12H2,(H,13,14)/t8-,10+/m1/s1. The van der Waals surface area contributed by atoms with Gasteiger partial charge in [0, 0.05) is 16.9 Å². The molecular formula is C10H11BrN2O. The Hall–Kier alpha value is -0.870. The minimum Gasteiger partial charge on any atom is -0.348 e. The molecule has 3 nitrogen and oxygen atoms in total. The highest BCUT2D eigenvalue weighted by Gasteiger charge is 2.31. The third kappa shape index (κ3) is 1.67. The molecule has 2 rings (SSSR count). The number of rotatable bonds is 1. The van der Waals surface area contributed by atoms with E-state index in [9.17, 15) is 4.79 Å². The number of carbonyl (C=O) groups excluding carboxylic acids is 1. The topological polar surface area (TPSA) is 55.1 Å². The summed E-state index contributed by atoms with van der Waals surface area (Å²) in [5, 5.41) is 2.87. The first-order valence-corrected chi connectivity index (χ1v) is 5.27. The molecule has 1 aromatic rings. The van der Waals surface area contributed by atoms with Crippen LogP contribution in [0.4, 0.5) is 0 Å². The Morgan fingerprint density at radius 1 is 1.43 bits per heavy atom. The minimum absolute atomic E-state index is 0.0262. The Kier molecular flexibility index (Phi) is 2.56. The van der Waals surface area contributed by atoms with Gasteiger partial charge in [-0.2, -0.15) is 0 Å². The lowest BCUT2D eigenvalue weighted by molar-refractivity contribution is -0.119. The molecule has 74 valence electrons. The number of hydrogen-bond donors (Lipinski definition) is 2. The second-order valence-corrected chi connectivity index (χ2v) is 4.29. The van der Waals surface area contributed by atoms with Crippen molar-refractivity contribution in [1.29, 1.82) is 0 Å². The van der Waals surface area contributed by atoms with Crippen LogP contribution in [0.15, 0.2) is 28.7 Å². The monoisotopic (exact) mass is 254 g/mol. The Bertz CT molecular complexity index is 367. The van der Waals surface area contributed by atoms with Crippen LogP contribution in [-0.4, -0.2) is 11.9 Å². The molecule has 3 N–H and O–H groups in total. The van der Waals surface area contributed by atoms with Crippen molar-refractivity contribution in [2.45, 2.75) is 18.5 Å². The van der Waals surface area contributed by atoms with Crippen LogP contribution in [0, 0.1) is 0 Å². The molecule has 2 atom stereocenters. The number of amides is 1. The lowest BCUT2D eigenvalue weighted by atomic mass is 10.0. The van der Waals surface area contributed by atoms with E-state index in [0.717, 1.165) is 10.0 Å². The van der Waals surface area contributed by atoms with Gasteiger partial charge < -0.3 is 11.1 Å². The van der Waals surface area contributed by atoms with Gasteiger partial charge in [-0.3, -0.25) is 4.79 Å². The molecular weight excluding hydrogens is 244 g/mol. The number of halogens is 1. The maximum atomic E-state index is 11.1. The molecule has 0 bridgehead atoms. The van der Waals surface area contributed by atoms with Gasteiger partial charge in [0.2, 0.25) is 5.91 Å². The van der Waals surface area contributed by atoms with Crippen molar-refractivity contribution in [2.75, 3.05) is 0 Å². The highest BCUT2D eigenvalue weighted by atomic mass is 79.9. The molecule has 0 aromatic heterocycles. The Balaban J connectivity index is 2.32. The largest absolute Gasteiger partial charge is 0.348 e. The zero-order valence-corrected chi connectivity index (χ0v) is 9.12. The van der Waals surface area contributed by atoms with Crippen molar-refractivity contribution < 1.29 is 4.79 Å². The van der Waals surface area contributed by atoms with Gasteiger partial charge in [-0.05, 0) is 11.6 Å². The van der Waals surface area contributed by atoms with Crippen LogP contribution in [0.25, 0.3) is 0 Å². The first-order valence-electron chi connectivity index (χ1n) is 4.48. The fourth-order valence-electron chi connectivity index (χ4n) is 1.71. The van der Waals surface area contributed by atoms with Gasteiger partial charge in [0.25, 0.3) is 0 Å². The van der Waals surface area contributed by atoms with E-state index >= 15 is 0 Å². The molecule has 1 saturated heterocycles. The quantitative estimate of drug-likeness (QED) is 0.795. The van der Waals surface area contributed by atoms with Crippen LogP contribution in [0.1, 0.15) is 18.0 Å². The van der Waals surface area contributed by atoms with Crippen molar-refractivity contribution in [3.63, 3.8) is 0 Å². The second kappa shape index (κ2) is 3.71. The van der Waals surface area contributed by atoms with Crippen LogP contribution in [0.3, 0.4) is 0 Å². The van der Waals surface area contributed by atoms with Gasteiger partial charge >= 0.3 is 0 Å². The molecule has 1 aromatic carbocycles. The maximum absolute atomic E-state index is 11.1. The number of benzene rings is 1. The number of nitrogens with one attached hydrogen (secondary N) is 1. The summed E-state index contributed by atoms with van der Waals surface area (Å²) in [5.41, 5.74) is 6.91. The molecule has 14 heavy (non-hydrogen) atoms. The molecule has 1 fully saturated rings. The Morgan fingerprint density at radius 3 is 2.71 bits per heavy atom. The van der Waals surface area contributed by atoms with E-state index in [1.165, 1.54) is 0 Å². The molecule has 0 radical (unpaired) electrons. The summed E-state index contributed by atoms with van der Waals surface area (Å²) < 4.78 is 0.989. The highest BCUT2D eigenvalue weighted by molar-refractivity contribution is 9.10. The predicted octanol–water partition coefficient (Wildman–Crippen LogP) is 1.34. The second-order valence-electron chi connectivity index (χ2n) is 3.43. The molecule has 0 aliphatic carbocycles. The third-order valence-electron chi connectivity index (χ3n) is 2.41. The summed E-state index contributed by atoms with van der Waals surface area (Å²) in [7, 11) is 0. The van der Waals surface area contributed by atoms with Crippen molar-refractivity contribution in [1.82, 2.24) is 5.32 Å². The SMILES string of the molecule is N[C@@H]1CC(=O)N[C@H]1c1ccccc1Br. The van der Waals surface area contributed by atoms with Crippen LogP contribution in [0.5, 0.6) is 0 Å². The molecule has 0 saturated carbocycles. The number of nitrogens with two attached hydrogens (primary N) is 1. The lowest BCUT2D eigenvalue weighted by Crippen LogP contribution is -2.28. The van der Waals surface area contributed by atoms with Crippen LogP contribution in [-0.2, 0) is 4.79 Å². The summed E-state index contributed by atoms with van der Waals surface area (Å²) in [6.07, 6.45) is 0.409. The fraction of sp³-hybridized carbons (Fsp3) is 0.300. The smallest absolute Gasteiger partial charge is 0.222 e. The van der Waals surface area contributed by atoms with Gasteiger partial charge in [0.05, 0.1) is 6.04 Å². The summed E-state index contributed by atoms with van der Waals surface area (Å²) in [6.45, 7) is 0. The van der Waals surface area contributed by atoms with Crippen molar-refractivity contribution in [3.8, 4) is 0 Å². The summed E-state index contributed by atoms with van der Waals surface area (Å²) in [6, 6.07) is 7.62. The summed E-state index contributed by atoms with van der Waals surface area (Å²) >= 11 is 3.45. The van der Waals surface area contributed by atoms with E-state index in [4.69, 9.17) is 5.73 Å². The molecule has 0 spiro atoms. The van der Waals surface area contributed by atoms with Gasteiger partial charge in [-0.15, -0.1) is 0 Å². The average molecular weight is 255 g/mol. The molecule has 1 amide bonds. The van der Waals surface area contributed by atoms with E-state index in [2.05, 4.69) is 21.2 Å². The van der Waals surface area contributed by atoms with Gasteiger partial charge in [-0.1, -0.05) is 34.1 Å². The lowest BCUT2D eigenvalue weighted by Gasteiger charge is -2.16. The molecule has 4 heteroatoms. The maximum Gasteiger partial charge on any atom is 0.222 e. The minimum atomic E-state index is -0.124. The first kappa shape index (κ1) is 9.68. The average Bonchev–Trinajstić information content (AvgIpc) is 2.46. The van der Waals surface area contributed by atoms with Gasteiger partial charge in [0.15, 0.2) is 0 Å². The Morgan fingerprint density at radius 2 is 2.14 bits per heavy atom.